The van der Waals surface area contributed by atoms with E-state index in [1.54, 1.807) is 12.1 Å². The predicted molar refractivity (Wildman–Crippen MR) is 88.8 cm³/mol. The summed E-state index contributed by atoms with van der Waals surface area (Å²) in [6.07, 6.45) is 1.93. The van der Waals surface area contributed by atoms with E-state index in [1.165, 1.54) is 16.5 Å². The molecule has 0 aliphatic carbocycles. The minimum Gasteiger partial charge on any atom is -0.207 e. The third kappa shape index (κ3) is 3.61. The Kier molecular flexibility index (Phi) is 4.87. The number of rotatable bonds is 5. The summed E-state index contributed by atoms with van der Waals surface area (Å²) in [6, 6.07) is 15.5. The van der Waals surface area contributed by atoms with E-state index < -0.39 is 0 Å². The van der Waals surface area contributed by atoms with Crippen LogP contribution < -0.4 is 0 Å². The molecule has 1 aliphatic rings. The third-order valence-electron chi connectivity index (χ3n) is 4.05. The standard InChI is InChI=1S/C18H18ClFS/c19-11-14(8-13-4-3-5-16(20)10-13)9-15-12-21-18-7-2-1-6-17(15)18/h1-7,10,14-15H,8-9,11-12H2. The van der Waals surface area contributed by atoms with Crippen molar-refractivity contribution in [3.63, 3.8) is 0 Å². The van der Waals surface area contributed by atoms with E-state index in [4.69, 9.17) is 11.6 Å². The molecule has 110 valence electrons. The Morgan fingerprint density at radius 2 is 2.05 bits per heavy atom. The van der Waals surface area contributed by atoms with Gasteiger partial charge in [-0.2, -0.15) is 0 Å². The summed E-state index contributed by atoms with van der Waals surface area (Å²) in [7, 11) is 0. The minimum atomic E-state index is -0.164. The predicted octanol–water partition coefficient (Wildman–Crippen LogP) is 5.50. The zero-order chi connectivity index (χ0) is 14.7. The number of halogens is 2. The van der Waals surface area contributed by atoms with Crippen LogP contribution in [0.3, 0.4) is 0 Å². The Hall–Kier alpha value is -0.990. The van der Waals surface area contributed by atoms with Crippen LogP contribution in [0, 0.1) is 11.7 Å². The number of hydrogen-bond donors (Lipinski definition) is 0. The van der Waals surface area contributed by atoms with Gasteiger partial charge in [0.25, 0.3) is 0 Å². The lowest BCUT2D eigenvalue weighted by molar-refractivity contribution is 0.490. The SMILES string of the molecule is Fc1cccc(CC(CCl)CC2CSc3ccccc32)c1. The van der Waals surface area contributed by atoms with Crippen molar-refractivity contribution < 1.29 is 4.39 Å². The van der Waals surface area contributed by atoms with Crippen molar-refractivity contribution in [3.8, 4) is 0 Å². The summed E-state index contributed by atoms with van der Waals surface area (Å²) < 4.78 is 13.3. The Labute approximate surface area is 134 Å². The Morgan fingerprint density at radius 3 is 2.86 bits per heavy atom. The van der Waals surface area contributed by atoms with Gasteiger partial charge < -0.3 is 0 Å². The average Bonchev–Trinajstić information content (AvgIpc) is 2.90. The van der Waals surface area contributed by atoms with Gasteiger partial charge in [0, 0.05) is 16.5 Å². The highest BCUT2D eigenvalue weighted by molar-refractivity contribution is 7.99. The van der Waals surface area contributed by atoms with Crippen molar-refractivity contribution in [3.05, 3.63) is 65.5 Å². The van der Waals surface area contributed by atoms with Crippen molar-refractivity contribution in [2.24, 2.45) is 5.92 Å². The van der Waals surface area contributed by atoms with Crippen LogP contribution in [0.2, 0.25) is 0 Å². The van der Waals surface area contributed by atoms with Gasteiger partial charge >= 0.3 is 0 Å². The van der Waals surface area contributed by atoms with Crippen molar-refractivity contribution >= 4 is 23.4 Å². The smallest absolute Gasteiger partial charge is 0.123 e. The zero-order valence-electron chi connectivity index (χ0n) is 11.8. The maximum Gasteiger partial charge on any atom is 0.123 e. The topological polar surface area (TPSA) is 0 Å². The lowest BCUT2D eigenvalue weighted by atomic mass is 9.88. The molecule has 21 heavy (non-hydrogen) atoms. The molecular formula is C18H18ClFS. The van der Waals surface area contributed by atoms with Crippen molar-refractivity contribution in [2.75, 3.05) is 11.6 Å². The summed E-state index contributed by atoms with van der Waals surface area (Å²) in [4.78, 5) is 1.40. The Balaban J connectivity index is 1.68. The van der Waals surface area contributed by atoms with E-state index in [0.29, 0.717) is 17.7 Å². The highest BCUT2D eigenvalue weighted by Gasteiger charge is 2.25. The molecule has 3 heteroatoms. The van der Waals surface area contributed by atoms with Gasteiger partial charge in [-0.05, 0) is 54.0 Å². The molecule has 2 aromatic carbocycles. The summed E-state index contributed by atoms with van der Waals surface area (Å²) in [5, 5.41) is 0. The summed E-state index contributed by atoms with van der Waals surface area (Å²) in [5.41, 5.74) is 2.50. The lowest BCUT2D eigenvalue weighted by Crippen LogP contribution is -2.12. The number of benzene rings is 2. The number of alkyl halides is 1. The van der Waals surface area contributed by atoms with Crippen LogP contribution in [-0.4, -0.2) is 11.6 Å². The molecule has 0 amide bonds. The monoisotopic (exact) mass is 320 g/mol. The molecule has 2 aromatic rings. The largest absolute Gasteiger partial charge is 0.207 e. The molecule has 0 aromatic heterocycles. The fourth-order valence-corrected chi connectivity index (χ4v) is 4.53. The van der Waals surface area contributed by atoms with E-state index in [2.05, 4.69) is 24.3 Å². The molecule has 1 heterocycles. The molecule has 0 saturated carbocycles. The van der Waals surface area contributed by atoms with E-state index in [0.717, 1.165) is 24.2 Å². The van der Waals surface area contributed by atoms with Crippen LogP contribution in [-0.2, 0) is 6.42 Å². The van der Waals surface area contributed by atoms with E-state index in [9.17, 15) is 4.39 Å². The highest BCUT2D eigenvalue weighted by Crippen LogP contribution is 2.42. The first-order chi connectivity index (χ1) is 10.3. The molecule has 2 atom stereocenters. The van der Waals surface area contributed by atoms with E-state index >= 15 is 0 Å². The molecule has 0 N–H and O–H groups in total. The maximum atomic E-state index is 13.3. The first-order valence-electron chi connectivity index (χ1n) is 7.28. The van der Waals surface area contributed by atoms with Crippen LogP contribution >= 0.6 is 23.4 Å². The summed E-state index contributed by atoms with van der Waals surface area (Å²) in [6.45, 7) is 0. The van der Waals surface area contributed by atoms with Gasteiger partial charge in [0.15, 0.2) is 0 Å². The first kappa shape index (κ1) is 14.9. The molecule has 0 nitrogen and oxygen atoms in total. The van der Waals surface area contributed by atoms with Crippen LogP contribution in [0.4, 0.5) is 4.39 Å². The fraction of sp³-hybridized carbons (Fsp3) is 0.333. The van der Waals surface area contributed by atoms with Gasteiger partial charge in [-0.25, -0.2) is 4.39 Å². The lowest BCUT2D eigenvalue weighted by Gasteiger charge is -2.19. The van der Waals surface area contributed by atoms with E-state index in [-0.39, 0.29) is 5.82 Å². The van der Waals surface area contributed by atoms with Gasteiger partial charge in [0.2, 0.25) is 0 Å². The van der Waals surface area contributed by atoms with Crippen molar-refractivity contribution in [2.45, 2.75) is 23.7 Å². The van der Waals surface area contributed by atoms with Gasteiger partial charge in [-0.3, -0.25) is 0 Å². The quantitative estimate of drug-likeness (QED) is 0.655. The molecule has 0 radical (unpaired) electrons. The minimum absolute atomic E-state index is 0.164. The van der Waals surface area contributed by atoms with Gasteiger partial charge in [0.1, 0.15) is 5.82 Å². The molecule has 2 unspecified atom stereocenters. The highest BCUT2D eigenvalue weighted by atomic mass is 35.5. The molecule has 0 bridgehead atoms. The molecule has 0 fully saturated rings. The molecule has 0 saturated heterocycles. The summed E-state index contributed by atoms with van der Waals surface area (Å²) in [5.74, 6) is 2.56. The number of fused-ring (bicyclic) bond motifs is 1. The van der Waals surface area contributed by atoms with Gasteiger partial charge in [0.05, 0.1) is 0 Å². The molecule has 1 aliphatic heterocycles. The second kappa shape index (κ2) is 6.85. The first-order valence-corrected chi connectivity index (χ1v) is 8.80. The normalized spacial score (nSPS) is 18.5. The third-order valence-corrected chi connectivity index (χ3v) is 5.74. The van der Waals surface area contributed by atoms with E-state index in [1.807, 2.05) is 17.8 Å². The second-order valence-corrected chi connectivity index (χ2v) is 7.01. The summed E-state index contributed by atoms with van der Waals surface area (Å²) >= 11 is 8.10. The molecular weight excluding hydrogens is 303 g/mol. The van der Waals surface area contributed by atoms with Crippen LogP contribution in [0.25, 0.3) is 0 Å². The number of hydrogen-bond acceptors (Lipinski definition) is 1. The fourth-order valence-electron chi connectivity index (χ4n) is 3.02. The van der Waals surface area contributed by atoms with Crippen LogP contribution in [0.15, 0.2) is 53.4 Å². The second-order valence-electron chi connectivity index (χ2n) is 5.64. The van der Waals surface area contributed by atoms with Crippen LogP contribution in [0.1, 0.15) is 23.5 Å². The zero-order valence-corrected chi connectivity index (χ0v) is 13.3. The van der Waals surface area contributed by atoms with Gasteiger partial charge in [-0.1, -0.05) is 30.3 Å². The van der Waals surface area contributed by atoms with Gasteiger partial charge in [-0.15, -0.1) is 23.4 Å². The Morgan fingerprint density at radius 1 is 1.19 bits per heavy atom. The maximum absolute atomic E-state index is 13.3. The Bertz CT molecular complexity index is 614. The average molecular weight is 321 g/mol. The molecule has 3 rings (SSSR count). The molecule has 0 spiro atoms. The van der Waals surface area contributed by atoms with Crippen molar-refractivity contribution in [1.82, 2.24) is 0 Å². The van der Waals surface area contributed by atoms with Crippen molar-refractivity contribution in [1.29, 1.82) is 0 Å². The van der Waals surface area contributed by atoms with Crippen LogP contribution in [0.5, 0.6) is 0 Å². The number of thioether (sulfide) groups is 1.